The number of ether oxygens (including phenoxy) is 2. The van der Waals surface area contributed by atoms with Crippen molar-refractivity contribution < 1.29 is 18.7 Å². The summed E-state index contributed by atoms with van der Waals surface area (Å²) in [5.74, 6) is 0.306. The molecule has 22 heavy (non-hydrogen) atoms. The van der Waals surface area contributed by atoms with E-state index in [4.69, 9.17) is 13.9 Å². The highest BCUT2D eigenvalue weighted by molar-refractivity contribution is 5.75. The number of aromatic nitrogens is 1. The number of hydrogen-bond acceptors (Lipinski definition) is 6. The zero-order valence-electron chi connectivity index (χ0n) is 13.0. The molecule has 1 saturated heterocycles. The van der Waals surface area contributed by atoms with Crippen molar-refractivity contribution in [2.45, 2.75) is 32.1 Å². The van der Waals surface area contributed by atoms with Crippen molar-refractivity contribution >= 4 is 17.1 Å². The van der Waals surface area contributed by atoms with Crippen molar-refractivity contribution in [3.63, 3.8) is 0 Å². The molecule has 0 N–H and O–H groups in total. The van der Waals surface area contributed by atoms with Crippen LogP contribution in [0.1, 0.15) is 25.8 Å². The van der Waals surface area contributed by atoms with Gasteiger partial charge in [0.25, 0.3) is 0 Å². The van der Waals surface area contributed by atoms with Gasteiger partial charge in [-0.05, 0) is 26.0 Å². The van der Waals surface area contributed by atoms with Crippen LogP contribution in [0.25, 0.3) is 11.1 Å². The molecule has 0 saturated carbocycles. The molecular formula is C16H20N2O4. The van der Waals surface area contributed by atoms with Crippen LogP contribution in [0.3, 0.4) is 0 Å². The Kier molecular flexibility index (Phi) is 4.13. The molecule has 0 spiro atoms. The number of oxazole rings is 1. The van der Waals surface area contributed by atoms with E-state index in [0.29, 0.717) is 19.0 Å². The Bertz CT molecular complexity index is 636. The number of rotatable bonds is 3. The summed E-state index contributed by atoms with van der Waals surface area (Å²) in [4.78, 5) is 18.4. The molecule has 1 aliphatic heterocycles. The third-order valence-corrected chi connectivity index (χ3v) is 3.97. The molecule has 0 amide bonds. The van der Waals surface area contributed by atoms with Crippen LogP contribution in [0.15, 0.2) is 28.7 Å². The highest BCUT2D eigenvalue weighted by atomic mass is 16.6. The largest absolute Gasteiger partial charge is 0.467 e. The summed E-state index contributed by atoms with van der Waals surface area (Å²) in [5.41, 5.74) is 1.62. The van der Waals surface area contributed by atoms with Crippen LogP contribution in [0, 0.1) is 0 Å². The minimum atomic E-state index is -0.569. The van der Waals surface area contributed by atoms with E-state index < -0.39 is 6.10 Å². The van der Waals surface area contributed by atoms with Gasteiger partial charge in [0.1, 0.15) is 5.52 Å². The third kappa shape index (κ3) is 2.84. The van der Waals surface area contributed by atoms with Gasteiger partial charge in [-0.3, -0.25) is 4.90 Å². The van der Waals surface area contributed by atoms with E-state index in [0.717, 1.165) is 11.1 Å². The lowest BCUT2D eigenvalue weighted by Gasteiger charge is -2.37. The van der Waals surface area contributed by atoms with E-state index in [-0.39, 0.29) is 18.1 Å². The van der Waals surface area contributed by atoms with Gasteiger partial charge in [0.15, 0.2) is 11.7 Å². The predicted octanol–water partition coefficient (Wildman–Crippen LogP) is 2.15. The molecule has 3 atom stereocenters. The minimum absolute atomic E-state index is 0.0362. The maximum atomic E-state index is 11.7. The van der Waals surface area contributed by atoms with Gasteiger partial charge in [-0.25, -0.2) is 9.78 Å². The number of para-hydroxylation sites is 2. The Labute approximate surface area is 129 Å². The topological polar surface area (TPSA) is 64.8 Å². The van der Waals surface area contributed by atoms with Crippen LogP contribution in [0.2, 0.25) is 0 Å². The third-order valence-electron chi connectivity index (χ3n) is 3.97. The van der Waals surface area contributed by atoms with Gasteiger partial charge in [-0.1, -0.05) is 12.1 Å². The fraction of sp³-hybridized carbons (Fsp3) is 0.500. The predicted molar refractivity (Wildman–Crippen MR) is 80.3 cm³/mol. The van der Waals surface area contributed by atoms with E-state index in [9.17, 15) is 4.79 Å². The first-order valence-electron chi connectivity index (χ1n) is 7.41. The maximum Gasteiger partial charge on any atom is 0.336 e. The molecule has 0 radical (unpaired) electrons. The summed E-state index contributed by atoms with van der Waals surface area (Å²) < 4.78 is 16.3. The van der Waals surface area contributed by atoms with Crippen LogP contribution in [0.4, 0.5) is 0 Å². The number of nitrogens with zero attached hydrogens (tertiary/aromatic N) is 2. The molecule has 1 aromatic carbocycles. The second kappa shape index (κ2) is 6.06. The van der Waals surface area contributed by atoms with Crippen LogP contribution in [-0.4, -0.2) is 48.3 Å². The zero-order valence-corrected chi connectivity index (χ0v) is 13.0. The Hall–Kier alpha value is -1.92. The minimum Gasteiger partial charge on any atom is -0.467 e. The quantitative estimate of drug-likeness (QED) is 0.810. The van der Waals surface area contributed by atoms with Crippen LogP contribution < -0.4 is 0 Å². The molecule has 3 rings (SSSR count). The second-order valence-electron chi connectivity index (χ2n) is 5.61. The molecular weight excluding hydrogens is 284 g/mol. The van der Waals surface area contributed by atoms with Crippen LogP contribution >= 0.6 is 0 Å². The normalized spacial score (nSPS) is 24.3. The molecule has 6 nitrogen and oxygen atoms in total. The first-order chi connectivity index (χ1) is 10.6. The molecule has 2 aromatic rings. The SMILES string of the molecule is COC(=O)C1CN(C(C)c2nc3ccccc3o2)C[C@@H](C)O1. The number of carbonyl (C=O) groups is 1. The van der Waals surface area contributed by atoms with Crippen LogP contribution in [0.5, 0.6) is 0 Å². The van der Waals surface area contributed by atoms with Gasteiger partial charge >= 0.3 is 5.97 Å². The zero-order chi connectivity index (χ0) is 15.7. The first-order valence-corrected chi connectivity index (χ1v) is 7.41. The molecule has 1 fully saturated rings. The van der Waals surface area contributed by atoms with Crippen molar-refractivity contribution in [3.8, 4) is 0 Å². The fourth-order valence-electron chi connectivity index (χ4n) is 2.79. The summed E-state index contributed by atoms with van der Waals surface area (Å²) in [6.45, 7) is 5.16. The average molecular weight is 304 g/mol. The maximum absolute atomic E-state index is 11.7. The van der Waals surface area contributed by atoms with Crippen molar-refractivity contribution in [1.29, 1.82) is 0 Å². The highest BCUT2D eigenvalue weighted by Gasteiger charge is 2.34. The van der Waals surface area contributed by atoms with E-state index in [1.807, 2.05) is 38.1 Å². The summed E-state index contributed by atoms with van der Waals surface area (Å²) >= 11 is 0. The second-order valence-corrected chi connectivity index (χ2v) is 5.61. The molecule has 1 aromatic heterocycles. The van der Waals surface area contributed by atoms with Gasteiger partial charge in [0, 0.05) is 13.1 Å². The lowest BCUT2D eigenvalue weighted by Crippen LogP contribution is -2.50. The number of carbonyl (C=O) groups excluding carboxylic acids is 1. The number of benzene rings is 1. The molecule has 2 unspecified atom stereocenters. The van der Waals surface area contributed by atoms with Crippen molar-refractivity contribution in [2.75, 3.05) is 20.2 Å². The smallest absolute Gasteiger partial charge is 0.336 e. The molecule has 2 heterocycles. The van der Waals surface area contributed by atoms with Crippen molar-refractivity contribution in [3.05, 3.63) is 30.2 Å². The molecule has 118 valence electrons. The summed E-state index contributed by atoms with van der Waals surface area (Å²) in [6.07, 6.45) is -0.620. The summed E-state index contributed by atoms with van der Waals surface area (Å²) in [6, 6.07) is 7.65. The lowest BCUT2D eigenvalue weighted by molar-refractivity contribution is -0.168. The number of fused-ring (bicyclic) bond motifs is 1. The summed E-state index contributed by atoms with van der Waals surface area (Å²) in [5, 5.41) is 0. The molecule has 0 aliphatic carbocycles. The average Bonchev–Trinajstić information content (AvgIpc) is 2.96. The Morgan fingerprint density at radius 3 is 2.91 bits per heavy atom. The first kappa shape index (κ1) is 15.0. The number of methoxy groups -OCH3 is 1. The van der Waals surface area contributed by atoms with E-state index in [1.165, 1.54) is 7.11 Å². The van der Waals surface area contributed by atoms with Gasteiger partial charge in [-0.2, -0.15) is 0 Å². The van der Waals surface area contributed by atoms with Gasteiger partial charge < -0.3 is 13.9 Å². The Balaban J connectivity index is 1.80. The Morgan fingerprint density at radius 1 is 1.41 bits per heavy atom. The van der Waals surface area contributed by atoms with Crippen molar-refractivity contribution in [2.24, 2.45) is 0 Å². The molecule has 1 aliphatic rings. The fourth-order valence-corrected chi connectivity index (χ4v) is 2.79. The number of esters is 1. The summed E-state index contributed by atoms with van der Waals surface area (Å²) in [7, 11) is 1.37. The van der Waals surface area contributed by atoms with Gasteiger partial charge in [-0.15, -0.1) is 0 Å². The van der Waals surface area contributed by atoms with E-state index >= 15 is 0 Å². The van der Waals surface area contributed by atoms with Crippen molar-refractivity contribution in [1.82, 2.24) is 9.88 Å². The number of morpholine rings is 1. The van der Waals surface area contributed by atoms with Crippen LogP contribution in [-0.2, 0) is 14.3 Å². The van der Waals surface area contributed by atoms with E-state index in [1.54, 1.807) is 0 Å². The molecule has 0 bridgehead atoms. The van der Waals surface area contributed by atoms with E-state index in [2.05, 4.69) is 9.88 Å². The van der Waals surface area contributed by atoms with Gasteiger partial charge in [0.05, 0.1) is 19.3 Å². The standard InChI is InChI=1S/C16H20N2O4/c1-10-8-18(9-14(21-10)16(19)20-3)11(2)15-17-12-6-4-5-7-13(12)22-15/h4-7,10-11,14H,8-9H2,1-3H3/t10-,11?,14?/m1/s1. The Morgan fingerprint density at radius 2 is 2.18 bits per heavy atom. The monoisotopic (exact) mass is 304 g/mol. The van der Waals surface area contributed by atoms with Gasteiger partial charge in [0.2, 0.25) is 5.89 Å². The molecule has 6 heteroatoms. The lowest BCUT2D eigenvalue weighted by atomic mass is 10.1. The highest BCUT2D eigenvalue weighted by Crippen LogP contribution is 2.27. The number of hydrogen-bond donors (Lipinski definition) is 0.